The molecule has 0 radical (unpaired) electrons. The number of anilines is 3. The highest BCUT2D eigenvalue weighted by Crippen LogP contribution is 2.31. The fourth-order valence-electron chi connectivity index (χ4n) is 1.90. The monoisotopic (exact) mass is 260 g/mol. The van der Waals surface area contributed by atoms with Crippen LogP contribution in [-0.2, 0) is 0 Å². The van der Waals surface area contributed by atoms with E-state index in [1.807, 2.05) is 0 Å². The molecule has 3 rings (SSSR count). The maximum atomic E-state index is 6.07. The highest BCUT2D eigenvalue weighted by atomic mass is 35.5. The van der Waals surface area contributed by atoms with Crippen LogP contribution < -0.4 is 17.2 Å². The van der Waals surface area contributed by atoms with E-state index in [0.29, 0.717) is 27.3 Å². The number of aromatic nitrogens is 3. The van der Waals surface area contributed by atoms with Gasteiger partial charge in [0.05, 0.1) is 16.6 Å². The zero-order valence-electron chi connectivity index (χ0n) is 9.18. The highest BCUT2D eigenvalue weighted by Gasteiger charge is 2.12. The number of nitrogens with zero attached hydrogens (tertiary/aromatic N) is 3. The molecule has 90 valence electrons. The first-order valence-electron chi connectivity index (χ1n) is 5.13. The highest BCUT2D eigenvalue weighted by molar-refractivity contribution is 6.31. The quantitative estimate of drug-likeness (QED) is 0.528. The Balaban J connectivity index is 2.56. The molecule has 7 heteroatoms. The van der Waals surface area contributed by atoms with Gasteiger partial charge in [-0.1, -0.05) is 11.6 Å². The van der Waals surface area contributed by atoms with E-state index < -0.39 is 0 Å². The SMILES string of the molecule is Nc1nc(N)c2c(N)c3ccc(Cl)cc3nc2n1. The number of hydrogen-bond acceptors (Lipinski definition) is 6. The van der Waals surface area contributed by atoms with Crippen LogP contribution in [0.3, 0.4) is 0 Å². The van der Waals surface area contributed by atoms with Gasteiger partial charge in [-0.25, -0.2) is 4.98 Å². The third-order valence-corrected chi connectivity index (χ3v) is 2.92. The van der Waals surface area contributed by atoms with Gasteiger partial charge in [-0.2, -0.15) is 9.97 Å². The minimum Gasteiger partial charge on any atom is -0.397 e. The van der Waals surface area contributed by atoms with Crippen molar-refractivity contribution in [2.45, 2.75) is 0 Å². The van der Waals surface area contributed by atoms with E-state index in [2.05, 4.69) is 15.0 Å². The second-order valence-electron chi connectivity index (χ2n) is 3.85. The summed E-state index contributed by atoms with van der Waals surface area (Å²) >= 11 is 5.92. The van der Waals surface area contributed by atoms with Gasteiger partial charge in [-0.05, 0) is 18.2 Å². The van der Waals surface area contributed by atoms with Gasteiger partial charge in [0.15, 0.2) is 5.65 Å². The standard InChI is InChI=1S/C11H9ClN6/c12-4-1-2-5-6(3-4)16-10-7(8(5)13)9(14)17-11(15)18-10/h1-3H,(H6,13,14,15,16,17,18). The molecule has 6 nitrogen and oxygen atoms in total. The number of nitrogen functional groups attached to an aromatic ring is 3. The minimum atomic E-state index is 0.0632. The number of fused-ring (bicyclic) bond motifs is 2. The van der Waals surface area contributed by atoms with Crippen LogP contribution in [0.15, 0.2) is 18.2 Å². The van der Waals surface area contributed by atoms with Crippen LogP contribution in [-0.4, -0.2) is 15.0 Å². The van der Waals surface area contributed by atoms with Crippen molar-refractivity contribution in [2.75, 3.05) is 17.2 Å². The fraction of sp³-hybridized carbons (Fsp3) is 0. The second-order valence-corrected chi connectivity index (χ2v) is 4.29. The van der Waals surface area contributed by atoms with Gasteiger partial charge in [-0.15, -0.1) is 0 Å². The molecule has 0 aliphatic heterocycles. The van der Waals surface area contributed by atoms with Crippen LogP contribution in [0.2, 0.25) is 5.02 Å². The van der Waals surface area contributed by atoms with Crippen LogP contribution in [0.5, 0.6) is 0 Å². The van der Waals surface area contributed by atoms with Crippen LogP contribution in [0, 0.1) is 0 Å². The molecule has 2 heterocycles. The van der Waals surface area contributed by atoms with E-state index in [9.17, 15) is 0 Å². The average molecular weight is 261 g/mol. The molecule has 0 saturated heterocycles. The Morgan fingerprint density at radius 2 is 1.78 bits per heavy atom. The topological polar surface area (TPSA) is 117 Å². The van der Waals surface area contributed by atoms with Crippen molar-refractivity contribution >= 4 is 51.0 Å². The van der Waals surface area contributed by atoms with E-state index in [4.69, 9.17) is 28.8 Å². The van der Waals surface area contributed by atoms with Gasteiger partial charge in [0.25, 0.3) is 0 Å². The zero-order valence-corrected chi connectivity index (χ0v) is 9.94. The molecule has 0 bridgehead atoms. The maximum Gasteiger partial charge on any atom is 0.224 e. The summed E-state index contributed by atoms with van der Waals surface area (Å²) in [5.74, 6) is 0.285. The largest absolute Gasteiger partial charge is 0.397 e. The summed E-state index contributed by atoms with van der Waals surface area (Å²) in [6, 6.07) is 5.23. The Morgan fingerprint density at radius 1 is 1.00 bits per heavy atom. The molecule has 6 N–H and O–H groups in total. The molecule has 1 aromatic carbocycles. The molecule has 18 heavy (non-hydrogen) atoms. The molecule has 0 fully saturated rings. The molecule has 3 aromatic rings. The van der Waals surface area contributed by atoms with Crippen molar-refractivity contribution in [1.29, 1.82) is 0 Å². The Kier molecular flexibility index (Phi) is 2.14. The van der Waals surface area contributed by atoms with E-state index in [1.54, 1.807) is 18.2 Å². The third-order valence-electron chi connectivity index (χ3n) is 2.68. The first kappa shape index (κ1) is 10.8. The lowest BCUT2D eigenvalue weighted by molar-refractivity contribution is 1.22. The zero-order chi connectivity index (χ0) is 12.9. The number of rotatable bonds is 0. The van der Waals surface area contributed by atoms with E-state index in [0.717, 1.165) is 5.39 Å². The Bertz CT molecular complexity index is 785. The van der Waals surface area contributed by atoms with Gasteiger partial charge in [0.2, 0.25) is 5.95 Å². The molecule has 0 aliphatic rings. The molecule has 0 spiro atoms. The normalized spacial score (nSPS) is 11.2. The smallest absolute Gasteiger partial charge is 0.224 e. The summed E-state index contributed by atoms with van der Waals surface area (Å²) in [5.41, 5.74) is 18.9. The first-order chi connectivity index (χ1) is 8.56. The predicted molar refractivity (Wildman–Crippen MR) is 73.1 cm³/mol. The average Bonchev–Trinajstić information content (AvgIpc) is 2.27. The summed E-state index contributed by atoms with van der Waals surface area (Å²) in [6.45, 7) is 0. The van der Waals surface area contributed by atoms with Gasteiger partial charge in [-0.3, -0.25) is 0 Å². The second kappa shape index (κ2) is 3.58. The van der Waals surface area contributed by atoms with Gasteiger partial charge >= 0.3 is 0 Å². The maximum absolute atomic E-state index is 6.07. The summed E-state index contributed by atoms with van der Waals surface area (Å²) in [4.78, 5) is 12.3. The van der Waals surface area contributed by atoms with Crippen molar-refractivity contribution < 1.29 is 0 Å². The van der Waals surface area contributed by atoms with E-state index >= 15 is 0 Å². The van der Waals surface area contributed by atoms with Crippen LogP contribution >= 0.6 is 11.6 Å². The molecule has 0 saturated carbocycles. The molecule has 0 unspecified atom stereocenters. The molecule has 0 amide bonds. The van der Waals surface area contributed by atoms with Crippen LogP contribution in [0.25, 0.3) is 21.9 Å². The lowest BCUT2D eigenvalue weighted by Crippen LogP contribution is -2.04. The predicted octanol–water partition coefficient (Wildman–Crippen LogP) is 1.58. The summed E-state index contributed by atoms with van der Waals surface area (Å²) in [6.07, 6.45) is 0. The summed E-state index contributed by atoms with van der Waals surface area (Å²) < 4.78 is 0. The molecule has 0 atom stereocenters. The number of hydrogen-bond donors (Lipinski definition) is 3. The Morgan fingerprint density at radius 3 is 2.56 bits per heavy atom. The van der Waals surface area contributed by atoms with Crippen molar-refractivity contribution in [2.24, 2.45) is 0 Å². The third kappa shape index (κ3) is 1.46. The number of halogens is 1. The number of pyridine rings is 1. The Hall–Kier alpha value is -2.34. The number of benzene rings is 1. The van der Waals surface area contributed by atoms with Gasteiger partial charge < -0.3 is 17.2 Å². The summed E-state index contributed by atoms with van der Waals surface area (Å²) in [5, 5.41) is 1.84. The molecule has 2 aromatic heterocycles. The Labute approximate surface area is 107 Å². The number of nitrogens with two attached hydrogens (primary N) is 3. The molecular formula is C11H9ClN6. The van der Waals surface area contributed by atoms with Crippen molar-refractivity contribution in [3.63, 3.8) is 0 Å². The van der Waals surface area contributed by atoms with Crippen molar-refractivity contribution in [3.8, 4) is 0 Å². The lowest BCUT2D eigenvalue weighted by atomic mass is 10.1. The summed E-state index contributed by atoms with van der Waals surface area (Å²) in [7, 11) is 0. The fourth-order valence-corrected chi connectivity index (χ4v) is 2.06. The molecular weight excluding hydrogens is 252 g/mol. The minimum absolute atomic E-state index is 0.0632. The van der Waals surface area contributed by atoms with Crippen molar-refractivity contribution in [1.82, 2.24) is 15.0 Å². The van der Waals surface area contributed by atoms with Crippen LogP contribution in [0.1, 0.15) is 0 Å². The first-order valence-corrected chi connectivity index (χ1v) is 5.51. The van der Waals surface area contributed by atoms with Gasteiger partial charge in [0, 0.05) is 10.4 Å². The van der Waals surface area contributed by atoms with Gasteiger partial charge in [0.1, 0.15) is 5.82 Å². The van der Waals surface area contributed by atoms with Crippen LogP contribution in [0.4, 0.5) is 17.5 Å². The molecule has 0 aliphatic carbocycles. The lowest BCUT2D eigenvalue weighted by Gasteiger charge is -2.08. The van der Waals surface area contributed by atoms with Crippen molar-refractivity contribution in [3.05, 3.63) is 23.2 Å². The van der Waals surface area contributed by atoms with E-state index in [1.165, 1.54) is 0 Å². The van der Waals surface area contributed by atoms with E-state index in [-0.39, 0.29) is 11.8 Å².